The van der Waals surface area contributed by atoms with Crippen molar-refractivity contribution in [3.8, 4) is 0 Å². The van der Waals surface area contributed by atoms with Crippen LogP contribution in [0.3, 0.4) is 0 Å². The third kappa shape index (κ3) is 2.56. The minimum Gasteiger partial charge on any atom is -0.461 e. The normalized spacial score (nSPS) is 35.8. The molecule has 0 unspecified atom stereocenters. The molecule has 9 heteroatoms. The molecule has 1 aromatic rings. The van der Waals surface area contributed by atoms with Crippen LogP contribution in [0.2, 0.25) is 5.02 Å². The highest BCUT2D eigenvalue weighted by atomic mass is 79.9. The molecule has 2 bridgehead atoms. The second kappa shape index (κ2) is 5.61. The lowest BCUT2D eigenvalue weighted by Gasteiger charge is -2.27. The van der Waals surface area contributed by atoms with Crippen molar-refractivity contribution >= 4 is 45.1 Å². The number of ether oxygens (including phenoxy) is 1. The summed E-state index contributed by atoms with van der Waals surface area (Å²) in [5, 5.41) is 2.48. The molecule has 0 aromatic heterocycles. The summed E-state index contributed by atoms with van der Waals surface area (Å²) in [5.74, 6) is -2.18. The molecule has 6 atom stereocenters. The fraction of sp³-hybridized carbons (Fsp3) is 0.500. The molecule has 2 aliphatic carbocycles. The molecule has 0 radical (unpaired) electrons. The average Bonchev–Trinajstić information content (AvgIpc) is 3.12. The fourth-order valence-corrected chi connectivity index (χ4v) is 5.55. The maximum atomic E-state index is 12.9. The highest BCUT2D eigenvalue weighted by molar-refractivity contribution is 9.09. The largest absolute Gasteiger partial charge is 0.461 e. The van der Waals surface area contributed by atoms with Crippen LogP contribution >= 0.6 is 27.5 Å². The van der Waals surface area contributed by atoms with Crippen LogP contribution in [0.1, 0.15) is 12.0 Å². The second-order valence-corrected chi connectivity index (χ2v) is 8.11. The first-order valence-corrected chi connectivity index (χ1v) is 9.00. The summed E-state index contributed by atoms with van der Waals surface area (Å²) in [4.78, 5) is 24.7. The highest BCUT2D eigenvalue weighted by Crippen LogP contribution is 2.60. The Morgan fingerprint density at radius 2 is 2.04 bits per heavy atom. The number of amides is 1. The minimum absolute atomic E-state index is 0.00627. The number of nitrogens with one attached hydrogen (secondary N) is 1. The van der Waals surface area contributed by atoms with Crippen LogP contribution in [-0.4, -0.2) is 22.8 Å². The van der Waals surface area contributed by atoms with Gasteiger partial charge in [0.2, 0.25) is 5.91 Å². The Bertz CT molecular complexity index is 771. The monoisotopic (exact) mass is 437 g/mol. The zero-order valence-corrected chi connectivity index (χ0v) is 14.9. The van der Waals surface area contributed by atoms with E-state index in [0.717, 1.165) is 18.2 Å². The number of alkyl halides is 4. The topological polar surface area (TPSA) is 55.4 Å². The van der Waals surface area contributed by atoms with Crippen LogP contribution in [0.4, 0.5) is 18.9 Å². The predicted octanol–water partition coefficient (Wildman–Crippen LogP) is 3.87. The Hall–Kier alpha value is -1.28. The van der Waals surface area contributed by atoms with Crippen molar-refractivity contribution in [2.45, 2.75) is 23.5 Å². The second-order valence-electron chi connectivity index (χ2n) is 6.64. The Morgan fingerprint density at radius 1 is 1.32 bits per heavy atom. The van der Waals surface area contributed by atoms with Gasteiger partial charge in [-0.2, -0.15) is 13.2 Å². The molecule has 134 valence electrons. The Kier molecular flexibility index (Phi) is 3.85. The summed E-state index contributed by atoms with van der Waals surface area (Å²) < 4.78 is 43.9. The third-order valence-electron chi connectivity index (χ3n) is 5.38. The Morgan fingerprint density at radius 3 is 2.72 bits per heavy atom. The molecule has 2 saturated carbocycles. The number of rotatable bonds is 2. The number of anilines is 1. The summed E-state index contributed by atoms with van der Waals surface area (Å²) >= 11 is 9.42. The standard InChI is InChI=1S/C16H12BrClF3NO3/c17-12-6-4-7-11(15(24)25-13(7)12)10(6)14(23)22-9-3-5(16(19,20)21)1-2-8(9)18/h1-3,6-7,10-13H,4H2,(H,22,23)/t6-,7-,10-,11-,12+,13+/m1/s1. The van der Waals surface area contributed by atoms with Crippen molar-refractivity contribution in [1.82, 2.24) is 0 Å². The fourth-order valence-electron chi connectivity index (χ4n) is 4.34. The number of halogens is 5. The summed E-state index contributed by atoms with van der Waals surface area (Å²) in [7, 11) is 0. The number of carbonyl (C=O) groups is 2. The van der Waals surface area contributed by atoms with Crippen molar-refractivity contribution in [2.24, 2.45) is 23.7 Å². The summed E-state index contributed by atoms with van der Waals surface area (Å²) in [6.07, 6.45) is -4.07. The van der Waals surface area contributed by atoms with Gasteiger partial charge >= 0.3 is 12.1 Å². The number of benzene rings is 1. The predicted molar refractivity (Wildman–Crippen MR) is 86.3 cm³/mol. The summed E-state index contributed by atoms with van der Waals surface area (Å²) in [6, 6.07) is 2.74. The van der Waals surface area contributed by atoms with E-state index >= 15 is 0 Å². The summed E-state index contributed by atoms with van der Waals surface area (Å²) in [6.45, 7) is 0. The number of fused-ring (bicyclic) bond motifs is 1. The SMILES string of the molecule is O=C(Nc1cc(C(F)(F)F)ccc1Cl)[C@@H]1[C@H]2C[C@H]3[C@H](OC(=O)[C@H]31)[C@H]2Br. The third-order valence-corrected chi connectivity index (χ3v) is 6.91. The van der Waals surface area contributed by atoms with E-state index in [2.05, 4.69) is 21.2 Å². The molecule has 1 amide bonds. The van der Waals surface area contributed by atoms with Crippen LogP contribution < -0.4 is 5.32 Å². The molecule has 1 heterocycles. The van der Waals surface area contributed by atoms with Crippen LogP contribution in [0.5, 0.6) is 0 Å². The number of esters is 1. The number of carbonyl (C=O) groups excluding carboxylic acids is 2. The molecular formula is C16H12BrClF3NO3. The van der Waals surface area contributed by atoms with E-state index in [9.17, 15) is 22.8 Å². The quantitative estimate of drug-likeness (QED) is 0.563. The molecule has 1 aliphatic heterocycles. The van der Waals surface area contributed by atoms with E-state index in [1.165, 1.54) is 0 Å². The smallest absolute Gasteiger partial charge is 0.416 e. The Labute approximate surface area is 154 Å². The zero-order chi connectivity index (χ0) is 18.1. The van der Waals surface area contributed by atoms with Crippen LogP contribution in [0.15, 0.2) is 18.2 Å². The molecule has 25 heavy (non-hydrogen) atoms. The van der Waals surface area contributed by atoms with Crippen molar-refractivity contribution in [1.29, 1.82) is 0 Å². The van der Waals surface area contributed by atoms with Gasteiger partial charge in [0.25, 0.3) is 0 Å². The lowest BCUT2D eigenvalue weighted by molar-refractivity contribution is -0.145. The van der Waals surface area contributed by atoms with E-state index < -0.39 is 35.5 Å². The Balaban J connectivity index is 1.60. The minimum atomic E-state index is -4.54. The van der Waals surface area contributed by atoms with Gasteiger partial charge in [0.05, 0.1) is 32.9 Å². The molecule has 3 fully saturated rings. The van der Waals surface area contributed by atoms with Crippen LogP contribution in [-0.2, 0) is 20.5 Å². The zero-order valence-electron chi connectivity index (χ0n) is 12.5. The van der Waals surface area contributed by atoms with E-state index in [4.69, 9.17) is 16.3 Å². The van der Waals surface area contributed by atoms with Crippen molar-refractivity contribution in [2.75, 3.05) is 5.32 Å². The van der Waals surface area contributed by atoms with Gasteiger partial charge < -0.3 is 10.1 Å². The van der Waals surface area contributed by atoms with Gasteiger partial charge in [0, 0.05) is 5.92 Å². The van der Waals surface area contributed by atoms with Crippen LogP contribution in [0, 0.1) is 23.7 Å². The van der Waals surface area contributed by atoms with Crippen molar-refractivity contribution in [3.63, 3.8) is 0 Å². The van der Waals surface area contributed by atoms with Gasteiger partial charge in [0.1, 0.15) is 6.10 Å². The van der Waals surface area contributed by atoms with E-state index in [1.807, 2.05) is 0 Å². The summed E-state index contributed by atoms with van der Waals surface area (Å²) in [5.41, 5.74) is -1.02. The van der Waals surface area contributed by atoms with Gasteiger partial charge in [-0.1, -0.05) is 27.5 Å². The van der Waals surface area contributed by atoms with Crippen molar-refractivity contribution < 1.29 is 27.5 Å². The van der Waals surface area contributed by atoms with Gasteiger partial charge in [-0.15, -0.1) is 0 Å². The molecule has 1 aromatic carbocycles. The van der Waals surface area contributed by atoms with Gasteiger partial charge in [-0.05, 0) is 30.5 Å². The lowest BCUT2D eigenvalue weighted by atomic mass is 9.79. The molecule has 1 saturated heterocycles. The number of hydrogen-bond donors (Lipinski definition) is 1. The molecular weight excluding hydrogens is 427 g/mol. The molecule has 1 N–H and O–H groups in total. The average molecular weight is 439 g/mol. The maximum Gasteiger partial charge on any atom is 0.416 e. The lowest BCUT2D eigenvalue weighted by Crippen LogP contribution is -2.40. The highest BCUT2D eigenvalue weighted by Gasteiger charge is 2.67. The van der Waals surface area contributed by atoms with Gasteiger partial charge in [0.15, 0.2) is 0 Å². The van der Waals surface area contributed by atoms with E-state index in [0.29, 0.717) is 6.42 Å². The molecule has 3 aliphatic rings. The first kappa shape index (κ1) is 17.1. The van der Waals surface area contributed by atoms with E-state index in [1.54, 1.807) is 0 Å². The molecule has 4 nitrogen and oxygen atoms in total. The number of hydrogen-bond acceptors (Lipinski definition) is 3. The van der Waals surface area contributed by atoms with Crippen LogP contribution in [0.25, 0.3) is 0 Å². The first-order valence-electron chi connectivity index (χ1n) is 7.70. The molecule has 0 spiro atoms. The molecule has 4 rings (SSSR count). The first-order chi connectivity index (χ1) is 11.7. The van der Waals surface area contributed by atoms with Gasteiger partial charge in [-0.25, -0.2) is 0 Å². The van der Waals surface area contributed by atoms with Crippen molar-refractivity contribution in [3.05, 3.63) is 28.8 Å². The van der Waals surface area contributed by atoms with E-state index in [-0.39, 0.29) is 33.5 Å². The van der Waals surface area contributed by atoms with Gasteiger partial charge in [-0.3, -0.25) is 9.59 Å². The maximum absolute atomic E-state index is 12.9.